The van der Waals surface area contributed by atoms with E-state index in [1.807, 2.05) is 18.2 Å². The van der Waals surface area contributed by atoms with Crippen LogP contribution >= 0.6 is 0 Å². The number of carbonyl (C=O) groups excluding carboxylic acids is 1. The Morgan fingerprint density at radius 1 is 1.29 bits per heavy atom. The monoisotopic (exact) mass is 289 g/mol. The Kier molecular flexibility index (Phi) is 3.92. The first-order valence-corrected chi connectivity index (χ1v) is 7.41. The summed E-state index contributed by atoms with van der Waals surface area (Å²) in [6.45, 7) is 0.444. The van der Waals surface area contributed by atoms with Gasteiger partial charge in [0.05, 0.1) is 12.6 Å². The van der Waals surface area contributed by atoms with E-state index in [2.05, 4.69) is 6.07 Å². The Hall–Kier alpha value is -1.88. The van der Waals surface area contributed by atoms with Crippen molar-refractivity contribution in [3.8, 4) is 0 Å². The number of hydrogen-bond donors (Lipinski definition) is 1. The number of benzene rings is 1. The van der Waals surface area contributed by atoms with Crippen molar-refractivity contribution in [2.24, 2.45) is 0 Å². The summed E-state index contributed by atoms with van der Waals surface area (Å²) < 4.78 is 5.54. The maximum atomic E-state index is 12.3. The molecule has 5 nitrogen and oxygen atoms in total. The Morgan fingerprint density at radius 3 is 2.86 bits per heavy atom. The van der Waals surface area contributed by atoms with Crippen LogP contribution in [0.2, 0.25) is 0 Å². The molecular formula is C16H19NO4. The molecule has 2 aliphatic rings. The molecular weight excluding hydrogens is 270 g/mol. The van der Waals surface area contributed by atoms with Crippen LogP contribution in [0, 0.1) is 0 Å². The number of carboxylic acids is 1. The van der Waals surface area contributed by atoms with Crippen molar-refractivity contribution in [2.45, 2.75) is 44.3 Å². The third kappa shape index (κ3) is 2.93. The van der Waals surface area contributed by atoms with Gasteiger partial charge in [0.2, 0.25) is 5.91 Å². The van der Waals surface area contributed by atoms with Crippen LogP contribution in [0.25, 0.3) is 0 Å². The van der Waals surface area contributed by atoms with Gasteiger partial charge in [-0.15, -0.1) is 0 Å². The van der Waals surface area contributed by atoms with Gasteiger partial charge in [0, 0.05) is 12.1 Å². The van der Waals surface area contributed by atoms with Gasteiger partial charge < -0.3 is 14.7 Å². The normalized spacial score (nSPS) is 25.5. The number of aryl methyl sites for hydroxylation is 1. The molecule has 21 heavy (non-hydrogen) atoms. The third-order valence-electron chi connectivity index (χ3n) is 4.19. The lowest BCUT2D eigenvalue weighted by molar-refractivity contribution is -0.149. The molecule has 1 aromatic rings. The van der Waals surface area contributed by atoms with Gasteiger partial charge in [0.15, 0.2) is 6.10 Å². The van der Waals surface area contributed by atoms with E-state index in [4.69, 9.17) is 9.84 Å². The smallest absolute Gasteiger partial charge is 0.332 e. The summed E-state index contributed by atoms with van der Waals surface area (Å²) in [5.41, 5.74) is 2.12. The Bertz CT molecular complexity index is 557. The first-order valence-electron chi connectivity index (χ1n) is 7.41. The molecule has 1 aromatic carbocycles. The van der Waals surface area contributed by atoms with Crippen LogP contribution < -0.4 is 4.90 Å². The van der Waals surface area contributed by atoms with Gasteiger partial charge >= 0.3 is 5.97 Å². The van der Waals surface area contributed by atoms with Crippen molar-refractivity contribution < 1.29 is 19.4 Å². The standard InChI is InChI=1S/C16H19NO4/c18-15-7-3-5-11-4-1-2-6-13(11)17(15)10-12-8-9-14(21-12)16(19)20/h1-2,4,6,12,14H,3,5,7-10H2,(H,19,20). The molecule has 0 aromatic heterocycles. The summed E-state index contributed by atoms with van der Waals surface area (Å²) >= 11 is 0. The minimum absolute atomic E-state index is 0.0994. The second kappa shape index (κ2) is 5.85. The van der Waals surface area contributed by atoms with Gasteiger partial charge in [-0.2, -0.15) is 0 Å². The first kappa shape index (κ1) is 14.1. The number of carbonyl (C=O) groups is 2. The molecule has 0 bridgehead atoms. The number of nitrogens with zero attached hydrogens (tertiary/aromatic N) is 1. The molecule has 5 heteroatoms. The lowest BCUT2D eigenvalue weighted by Gasteiger charge is -2.26. The average molecular weight is 289 g/mol. The molecule has 0 aliphatic carbocycles. The minimum atomic E-state index is -0.917. The number of para-hydroxylation sites is 1. The molecule has 0 spiro atoms. The number of rotatable bonds is 3. The Balaban J connectivity index is 1.77. The highest BCUT2D eigenvalue weighted by atomic mass is 16.5. The van der Waals surface area contributed by atoms with Crippen molar-refractivity contribution in [2.75, 3.05) is 11.4 Å². The summed E-state index contributed by atoms with van der Waals surface area (Å²) in [5, 5.41) is 8.99. The zero-order valence-electron chi connectivity index (χ0n) is 11.8. The van der Waals surface area contributed by atoms with Crippen LogP contribution in [0.3, 0.4) is 0 Å². The summed E-state index contributed by atoms with van der Waals surface area (Å²) in [6.07, 6.45) is 2.57. The van der Waals surface area contributed by atoms with Crippen molar-refractivity contribution in [3.63, 3.8) is 0 Å². The number of amides is 1. The van der Waals surface area contributed by atoms with E-state index >= 15 is 0 Å². The molecule has 2 aliphatic heterocycles. The average Bonchev–Trinajstić information content (AvgIpc) is 2.88. The number of fused-ring (bicyclic) bond motifs is 1. The SMILES string of the molecule is O=C(O)C1CCC(CN2C(=O)CCCc3ccccc32)O1. The van der Waals surface area contributed by atoms with Crippen LogP contribution in [0.15, 0.2) is 24.3 Å². The van der Waals surface area contributed by atoms with E-state index in [0.717, 1.165) is 18.5 Å². The summed E-state index contributed by atoms with van der Waals surface area (Å²) in [7, 11) is 0. The molecule has 2 heterocycles. The van der Waals surface area contributed by atoms with Crippen molar-refractivity contribution in [3.05, 3.63) is 29.8 Å². The molecule has 0 radical (unpaired) electrons. The van der Waals surface area contributed by atoms with Crippen molar-refractivity contribution in [1.29, 1.82) is 0 Å². The van der Waals surface area contributed by atoms with Gasteiger partial charge in [0.25, 0.3) is 0 Å². The fourth-order valence-corrected chi connectivity index (χ4v) is 3.11. The highest BCUT2D eigenvalue weighted by Crippen LogP contribution is 2.29. The van der Waals surface area contributed by atoms with E-state index in [1.165, 1.54) is 5.56 Å². The highest BCUT2D eigenvalue weighted by molar-refractivity contribution is 5.94. The van der Waals surface area contributed by atoms with Gasteiger partial charge in [-0.1, -0.05) is 18.2 Å². The second-order valence-electron chi connectivity index (χ2n) is 5.65. The molecule has 3 rings (SSSR count). The number of aliphatic carboxylic acids is 1. The van der Waals surface area contributed by atoms with E-state index in [1.54, 1.807) is 4.90 Å². The zero-order valence-corrected chi connectivity index (χ0v) is 11.8. The first-order chi connectivity index (χ1) is 10.1. The zero-order chi connectivity index (χ0) is 14.8. The third-order valence-corrected chi connectivity index (χ3v) is 4.19. The van der Waals surface area contributed by atoms with Crippen LogP contribution in [0.4, 0.5) is 5.69 Å². The van der Waals surface area contributed by atoms with E-state index in [9.17, 15) is 9.59 Å². The van der Waals surface area contributed by atoms with E-state index in [-0.39, 0.29) is 12.0 Å². The molecule has 1 saturated heterocycles. The predicted octanol–water partition coefficient (Wildman–Crippen LogP) is 1.99. The van der Waals surface area contributed by atoms with E-state index < -0.39 is 12.1 Å². The highest BCUT2D eigenvalue weighted by Gasteiger charge is 2.33. The maximum Gasteiger partial charge on any atom is 0.332 e. The fraction of sp³-hybridized carbons (Fsp3) is 0.500. The van der Waals surface area contributed by atoms with Crippen molar-refractivity contribution in [1.82, 2.24) is 0 Å². The molecule has 1 amide bonds. The topological polar surface area (TPSA) is 66.8 Å². The Morgan fingerprint density at radius 2 is 2.10 bits per heavy atom. The van der Waals surface area contributed by atoms with Crippen LogP contribution in [0.5, 0.6) is 0 Å². The van der Waals surface area contributed by atoms with Gasteiger partial charge in [-0.25, -0.2) is 4.79 Å². The molecule has 0 saturated carbocycles. The molecule has 2 atom stereocenters. The largest absolute Gasteiger partial charge is 0.479 e. The molecule has 112 valence electrons. The molecule has 1 N–H and O–H groups in total. The lowest BCUT2D eigenvalue weighted by atomic mass is 10.1. The van der Waals surface area contributed by atoms with Gasteiger partial charge in [0.1, 0.15) is 0 Å². The summed E-state index contributed by atoms with van der Waals surface area (Å²) in [4.78, 5) is 25.1. The van der Waals surface area contributed by atoms with Crippen LogP contribution in [-0.2, 0) is 20.7 Å². The van der Waals surface area contributed by atoms with E-state index in [0.29, 0.717) is 25.8 Å². The molecule has 1 fully saturated rings. The second-order valence-corrected chi connectivity index (χ2v) is 5.65. The maximum absolute atomic E-state index is 12.3. The van der Waals surface area contributed by atoms with Crippen molar-refractivity contribution >= 4 is 17.6 Å². The number of ether oxygens (including phenoxy) is 1. The lowest BCUT2D eigenvalue weighted by Crippen LogP contribution is -2.37. The van der Waals surface area contributed by atoms with Gasteiger partial charge in [-0.3, -0.25) is 4.79 Å². The molecule has 2 unspecified atom stereocenters. The van der Waals surface area contributed by atoms with Gasteiger partial charge in [-0.05, 0) is 37.3 Å². The summed E-state index contributed by atoms with van der Waals surface area (Å²) in [6, 6.07) is 7.93. The quantitative estimate of drug-likeness (QED) is 0.924. The number of hydrogen-bond acceptors (Lipinski definition) is 3. The number of carboxylic acid groups (broad SMARTS) is 1. The fourth-order valence-electron chi connectivity index (χ4n) is 3.11. The summed E-state index contributed by atoms with van der Waals surface area (Å²) in [5.74, 6) is -0.817. The number of anilines is 1. The van der Waals surface area contributed by atoms with Crippen LogP contribution in [0.1, 0.15) is 31.2 Å². The minimum Gasteiger partial charge on any atom is -0.479 e. The predicted molar refractivity (Wildman–Crippen MR) is 77.3 cm³/mol. The Labute approximate surface area is 123 Å². The van der Waals surface area contributed by atoms with Crippen LogP contribution in [-0.4, -0.2) is 35.7 Å².